The Bertz CT molecular complexity index is 705. The minimum absolute atomic E-state index is 0.131. The topological polar surface area (TPSA) is 93.9 Å². The van der Waals surface area contributed by atoms with E-state index in [2.05, 4.69) is 5.32 Å². The van der Waals surface area contributed by atoms with Crippen molar-refractivity contribution in [2.24, 2.45) is 0 Å². The molecule has 1 fully saturated rings. The molecule has 1 aliphatic heterocycles. The van der Waals surface area contributed by atoms with Crippen molar-refractivity contribution in [1.29, 1.82) is 0 Å². The second-order valence-corrected chi connectivity index (χ2v) is 7.87. The Morgan fingerprint density at radius 1 is 1.37 bits per heavy atom. The van der Waals surface area contributed by atoms with E-state index >= 15 is 0 Å². The standard InChI is InChI=1S/C18H26ClN3O5/c1-18(2,3)27-17(23)21-10-6-5-7-12(11-21)20-16-13(22(24)25)8-9-14(26-4)15(16)19/h8-9,12,20H,5-7,10-11H2,1-4H3/t12-/m1/s1. The highest BCUT2D eigenvalue weighted by atomic mass is 35.5. The molecule has 0 aromatic heterocycles. The summed E-state index contributed by atoms with van der Waals surface area (Å²) in [5.41, 5.74) is -0.507. The van der Waals surface area contributed by atoms with Crippen LogP contribution in [0.2, 0.25) is 5.02 Å². The molecule has 1 saturated heterocycles. The molecule has 0 radical (unpaired) electrons. The van der Waals surface area contributed by atoms with Crippen molar-refractivity contribution >= 4 is 29.1 Å². The van der Waals surface area contributed by atoms with Crippen LogP contribution < -0.4 is 10.1 Å². The van der Waals surface area contributed by atoms with Crippen LogP contribution in [0.15, 0.2) is 12.1 Å². The van der Waals surface area contributed by atoms with E-state index in [4.69, 9.17) is 21.1 Å². The van der Waals surface area contributed by atoms with Crippen molar-refractivity contribution in [2.45, 2.75) is 51.7 Å². The SMILES string of the molecule is COc1ccc([N+](=O)[O-])c(N[C@@H]2CCCCN(C(=O)OC(C)(C)C)C2)c1Cl. The number of anilines is 1. The fourth-order valence-corrected chi connectivity index (χ4v) is 3.24. The summed E-state index contributed by atoms with van der Waals surface area (Å²) in [5.74, 6) is 0.349. The van der Waals surface area contributed by atoms with E-state index in [1.165, 1.54) is 19.2 Å². The number of nitrogens with one attached hydrogen (secondary N) is 1. The quantitative estimate of drug-likeness (QED) is 0.593. The van der Waals surface area contributed by atoms with E-state index in [1.54, 1.807) is 4.90 Å². The maximum atomic E-state index is 12.4. The molecule has 1 aromatic rings. The third kappa shape index (κ3) is 5.63. The molecule has 2 rings (SSSR count). The molecule has 0 bridgehead atoms. The molecule has 0 unspecified atom stereocenters. The van der Waals surface area contributed by atoms with Gasteiger partial charge >= 0.3 is 6.09 Å². The first-order valence-electron chi connectivity index (χ1n) is 8.87. The molecule has 1 atom stereocenters. The number of nitro benzene ring substituents is 1. The van der Waals surface area contributed by atoms with Gasteiger partial charge in [0, 0.05) is 25.2 Å². The van der Waals surface area contributed by atoms with Gasteiger partial charge in [-0.05, 0) is 46.1 Å². The van der Waals surface area contributed by atoms with Crippen LogP contribution in [0.1, 0.15) is 40.0 Å². The number of ether oxygens (including phenoxy) is 2. The van der Waals surface area contributed by atoms with Crippen LogP contribution in [0.25, 0.3) is 0 Å². The van der Waals surface area contributed by atoms with Crippen molar-refractivity contribution in [3.05, 3.63) is 27.3 Å². The maximum absolute atomic E-state index is 12.4. The van der Waals surface area contributed by atoms with Gasteiger partial charge in [-0.15, -0.1) is 0 Å². The number of halogens is 1. The minimum Gasteiger partial charge on any atom is -0.495 e. The summed E-state index contributed by atoms with van der Waals surface area (Å²) in [4.78, 5) is 25.0. The average molecular weight is 400 g/mol. The van der Waals surface area contributed by atoms with E-state index in [9.17, 15) is 14.9 Å². The van der Waals surface area contributed by atoms with Gasteiger partial charge in [-0.1, -0.05) is 11.6 Å². The van der Waals surface area contributed by atoms with Gasteiger partial charge in [-0.2, -0.15) is 0 Å². The maximum Gasteiger partial charge on any atom is 0.410 e. The Morgan fingerprint density at radius 3 is 2.67 bits per heavy atom. The summed E-state index contributed by atoms with van der Waals surface area (Å²) in [6.45, 7) is 6.41. The number of nitrogens with zero attached hydrogens (tertiary/aromatic N) is 2. The Hall–Kier alpha value is -2.22. The van der Waals surface area contributed by atoms with Gasteiger partial charge in [-0.25, -0.2) is 4.79 Å². The molecule has 27 heavy (non-hydrogen) atoms. The number of nitro groups is 1. The number of carbonyl (C=O) groups is 1. The fourth-order valence-electron chi connectivity index (χ4n) is 2.95. The van der Waals surface area contributed by atoms with Gasteiger partial charge in [0.15, 0.2) is 0 Å². The van der Waals surface area contributed by atoms with E-state index in [0.29, 0.717) is 18.8 Å². The van der Waals surface area contributed by atoms with Crippen molar-refractivity contribution in [3.8, 4) is 5.75 Å². The lowest BCUT2D eigenvalue weighted by Crippen LogP contribution is -2.42. The predicted octanol–water partition coefficient (Wildman–Crippen LogP) is 4.46. The number of hydrogen-bond acceptors (Lipinski definition) is 6. The van der Waals surface area contributed by atoms with Crippen molar-refractivity contribution in [2.75, 3.05) is 25.5 Å². The van der Waals surface area contributed by atoms with Gasteiger partial charge in [0.05, 0.1) is 12.0 Å². The van der Waals surface area contributed by atoms with E-state index in [-0.39, 0.29) is 28.5 Å². The molecule has 1 heterocycles. The molecule has 1 aliphatic rings. The van der Waals surface area contributed by atoms with Gasteiger partial charge < -0.3 is 19.7 Å². The second kappa shape index (κ2) is 8.65. The first-order chi connectivity index (χ1) is 12.6. The third-order valence-corrected chi connectivity index (χ3v) is 4.55. The molecule has 1 amide bonds. The lowest BCUT2D eigenvalue weighted by molar-refractivity contribution is -0.384. The molecular formula is C18H26ClN3O5. The molecule has 1 aromatic carbocycles. The zero-order chi connectivity index (χ0) is 20.2. The van der Waals surface area contributed by atoms with Gasteiger partial charge in [0.1, 0.15) is 22.1 Å². The van der Waals surface area contributed by atoms with Gasteiger partial charge in [0.2, 0.25) is 0 Å². The number of hydrogen-bond donors (Lipinski definition) is 1. The van der Waals surface area contributed by atoms with Crippen LogP contribution in [0.3, 0.4) is 0 Å². The monoisotopic (exact) mass is 399 g/mol. The van der Waals surface area contributed by atoms with Crippen LogP contribution in [-0.2, 0) is 4.74 Å². The summed E-state index contributed by atoms with van der Waals surface area (Å²) in [6, 6.07) is 2.63. The highest BCUT2D eigenvalue weighted by Gasteiger charge is 2.29. The van der Waals surface area contributed by atoms with Crippen LogP contribution in [0.4, 0.5) is 16.2 Å². The Balaban J connectivity index is 2.23. The first kappa shape index (κ1) is 21.1. The smallest absolute Gasteiger partial charge is 0.410 e. The lowest BCUT2D eigenvalue weighted by Gasteiger charge is -2.29. The summed E-state index contributed by atoms with van der Waals surface area (Å²) >= 11 is 6.31. The van der Waals surface area contributed by atoms with Crippen molar-refractivity contribution < 1.29 is 19.2 Å². The summed E-state index contributed by atoms with van der Waals surface area (Å²) in [7, 11) is 1.45. The number of rotatable bonds is 4. The molecule has 9 heteroatoms. The highest BCUT2D eigenvalue weighted by molar-refractivity contribution is 6.35. The molecular weight excluding hydrogens is 374 g/mol. The predicted molar refractivity (Wildman–Crippen MR) is 104 cm³/mol. The van der Waals surface area contributed by atoms with Crippen LogP contribution in [0.5, 0.6) is 5.75 Å². The van der Waals surface area contributed by atoms with Gasteiger partial charge in [0.25, 0.3) is 5.69 Å². The lowest BCUT2D eigenvalue weighted by atomic mass is 10.1. The second-order valence-electron chi connectivity index (χ2n) is 7.50. The molecule has 0 aliphatic carbocycles. The Labute approximate surface area is 163 Å². The largest absolute Gasteiger partial charge is 0.495 e. The number of likely N-dealkylation sites (tertiary alicyclic amines) is 1. The van der Waals surface area contributed by atoms with Crippen molar-refractivity contribution in [1.82, 2.24) is 4.90 Å². The third-order valence-electron chi connectivity index (χ3n) is 4.17. The Kier molecular flexibility index (Phi) is 6.75. The van der Waals surface area contributed by atoms with Crippen LogP contribution >= 0.6 is 11.6 Å². The first-order valence-corrected chi connectivity index (χ1v) is 9.25. The van der Waals surface area contributed by atoms with E-state index in [0.717, 1.165) is 19.3 Å². The number of amides is 1. The van der Waals surface area contributed by atoms with E-state index in [1.807, 2.05) is 20.8 Å². The van der Waals surface area contributed by atoms with Crippen LogP contribution in [-0.4, -0.2) is 47.8 Å². The Morgan fingerprint density at radius 2 is 2.07 bits per heavy atom. The number of carbonyl (C=O) groups excluding carboxylic acids is 1. The number of benzene rings is 1. The fraction of sp³-hybridized carbons (Fsp3) is 0.611. The highest BCUT2D eigenvalue weighted by Crippen LogP contribution is 2.40. The minimum atomic E-state index is -0.582. The molecule has 0 saturated carbocycles. The van der Waals surface area contributed by atoms with E-state index < -0.39 is 10.5 Å². The summed E-state index contributed by atoms with van der Waals surface area (Å²) in [5, 5.41) is 14.7. The molecule has 1 N–H and O–H groups in total. The number of methoxy groups -OCH3 is 1. The normalized spacial score (nSPS) is 17.8. The average Bonchev–Trinajstić information content (AvgIpc) is 2.80. The zero-order valence-corrected chi connectivity index (χ0v) is 16.8. The zero-order valence-electron chi connectivity index (χ0n) is 16.1. The molecule has 8 nitrogen and oxygen atoms in total. The van der Waals surface area contributed by atoms with Crippen molar-refractivity contribution in [3.63, 3.8) is 0 Å². The van der Waals surface area contributed by atoms with Crippen LogP contribution in [0, 0.1) is 10.1 Å². The van der Waals surface area contributed by atoms with Gasteiger partial charge in [-0.3, -0.25) is 10.1 Å². The summed E-state index contributed by atoms with van der Waals surface area (Å²) < 4.78 is 10.6. The molecule has 150 valence electrons. The summed E-state index contributed by atoms with van der Waals surface area (Å²) in [6.07, 6.45) is 2.09. The molecule has 0 spiro atoms.